The van der Waals surface area contributed by atoms with Crippen molar-refractivity contribution in [2.24, 2.45) is 5.92 Å². The predicted molar refractivity (Wildman–Crippen MR) is 94.6 cm³/mol. The van der Waals surface area contributed by atoms with Crippen LogP contribution in [0.25, 0.3) is 0 Å². The average molecular weight is 393 g/mol. The second-order valence-corrected chi connectivity index (χ2v) is 7.04. The molecule has 23 heavy (non-hydrogen) atoms. The number of nitrogens with zero attached hydrogens (tertiary/aromatic N) is 1. The van der Waals surface area contributed by atoms with Gasteiger partial charge in [-0.2, -0.15) is 0 Å². The highest BCUT2D eigenvalue weighted by Gasteiger charge is 2.40. The van der Waals surface area contributed by atoms with Crippen LogP contribution < -0.4 is 4.90 Å². The van der Waals surface area contributed by atoms with Crippen molar-refractivity contribution in [3.63, 3.8) is 0 Å². The molecule has 1 heterocycles. The quantitative estimate of drug-likeness (QED) is 0.720. The number of halogens is 2. The van der Waals surface area contributed by atoms with Gasteiger partial charge in [0.25, 0.3) is 0 Å². The zero-order valence-corrected chi connectivity index (χ0v) is 14.9. The summed E-state index contributed by atoms with van der Waals surface area (Å²) in [6, 6.07) is 13.0. The summed E-state index contributed by atoms with van der Waals surface area (Å²) >= 11 is 9.33. The number of carbonyl (C=O) groups excluding carboxylic acids is 2. The molecule has 1 saturated heterocycles. The van der Waals surface area contributed by atoms with E-state index in [0.29, 0.717) is 17.1 Å². The van der Waals surface area contributed by atoms with Crippen LogP contribution in [0.5, 0.6) is 0 Å². The number of amides is 2. The van der Waals surface area contributed by atoms with E-state index < -0.39 is 0 Å². The molecule has 0 spiro atoms. The van der Waals surface area contributed by atoms with Gasteiger partial charge in [0.2, 0.25) is 11.8 Å². The molecule has 5 heteroatoms. The van der Waals surface area contributed by atoms with Crippen molar-refractivity contribution in [2.45, 2.75) is 19.8 Å². The van der Waals surface area contributed by atoms with Crippen LogP contribution in [0.15, 0.2) is 46.9 Å². The third-order valence-electron chi connectivity index (χ3n) is 3.98. The van der Waals surface area contributed by atoms with Crippen LogP contribution in [0.4, 0.5) is 5.69 Å². The van der Waals surface area contributed by atoms with E-state index in [1.165, 1.54) is 4.90 Å². The van der Waals surface area contributed by atoms with Crippen molar-refractivity contribution in [3.05, 3.63) is 63.1 Å². The van der Waals surface area contributed by atoms with Gasteiger partial charge in [0.1, 0.15) is 0 Å². The SMILES string of the molecule is Cc1ccc(N2C(=O)C[C@@H](Cc3ccc(Cl)cc3)C2=O)c(Br)c1. The van der Waals surface area contributed by atoms with Gasteiger partial charge in [0.15, 0.2) is 0 Å². The van der Waals surface area contributed by atoms with E-state index in [4.69, 9.17) is 11.6 Å². The minimum Gasteiger partial charge on any atom is -0.274 e. The molecule has 1 fully saturated rings. The smallest absolute Gasteiger partial charge is 0.237 e. The number of rotatable bonds is 3. The molecule has 0 N–H and O–H groups in total. The van der Waals surface area contributed by atoms with Crippen LogP contribution in [0.2, 0.25) is 5.02 Å². The summed E-state index contributed by atoms with van der Waals surface area (Å²) in [6.45, 7) is 1.96. The number of imide groups is 1. The maximum atomic E-state index is 12.7. The van der Waals surface area contributed by atoms with E-state index in [-0.39, 0.29) is 24.2 Å². The zero-order valence-electron chi connectivity index (χ0n) is 12.6. The number of hydrogen-bond donors (Lipinski definition) is 0. The fourth-order valence-electron chi connectivity index (χ4n) is 2.81. The zero-order chi connectivity index (χ0) is 16.6. The Labute approximate surface area is 148 Å². The van der Waals surface area contributed by atoms with Gasteiger partial charge in [-0.15, -0.1) is 0 Å². The van der Waals surface area contributed by atoms with E-state index in [1.54, 1.807) is 18.2 Å². The Morgan fingerprint density at radius 2 is 1.87 bits per heavy atom. The van der Waals surface area contributed by atoms with Crippen molar-refractivity contribution >= 4 is 45.0 Å². The highest BCUT2D eigenvalue weighted by molar-refractivity contribution is 9.10. The van der Waals surface area contributed by atoms with E-state index >= 15 is 0 Å². The Kier molecular flexibility index (Phi) is 4.55. The van der Waals surface area contributed by atoms with Gasteiger partial charge in [0, 0.05) is 15.9 Å². The van der Waals surface area contributed by atoms with Gasteiger partial charge < -0.3 is 0 Å². The first-order chi connectivity index (χ1) is 11.0. The lowest BCUT2D eigenvalue weighted by Gasteiger charge is -2.17. The van der Waals surface area contributed by atoms with E-state index in [2.05, 4.69) is 15.9 Å². The average Bonchev–Trinajstić information content (AvgIpc) is 2.77. The van der Waals surface area contributed by atoms with Crippen LogP contribution >= 0.6 is 27.5 Å². The van der Waals surface area contributed by atoms with Gasteiger partial charge in [-0.3, -0.25) is 9.59 Å². The molecule has 0 radical (unpaired) electrons. The molecular weight excluding hydrogens is 378 g/mol. The predicted octanol–water partition coefficient (Wildman–Crippen LogP) is 4.53. The van der Waals surface area contributed by atoms with Crippen molar-refractivity contribution in [2.75, 3.05) is 4.90 Å². The largest absolute Gasteiger partial charge is 0.274 e. The van der Waals surface area contributed by atoms with Crippen LogP contribution in [0.3, 0.4) is 0 Å². The molecule has 118 valence electrons. The molecule has 1 aliphatic heterocycles. The highest BCUT2D eigenvalue weighted by atomic mass is 79.9. The minimum absolute atomic E-state index is 0.144. The normalized spacial score (nSPS) is 17.9. The molecule has 1 atom stereocenters. The maximum Gasteiger partial charge on any atom is 0.237 e. The summed E-state index contributed by atoms with van der Waals surface area (Å²) < 4.78 is 0.756. The Morgan fingerprint density at radius 1 is 1.17 bits per heavy atom. The molecule has 2 aromatic carbocycles. The fourth-order valence-corrected chi connectivity index (χ4v) is 3.60. The molecule has 0 aromatic heterocycles. The van der Waals surface area contributed by atoms with E-state index in [0.717, 1.165) is 15.6 Å². The minimum atomic E-state index is -0.322. The summed E-state index contributed by atoms with van der Waals surface area (Å²) in [7, 11) is 0. The molecule has 3 rings (SSSR count). The van der Waals surface area contributed by atoms with Crippen molar-refractivity contribution < 1.29 is 9.59 Å². The van der Waals surface area contributed by atoms with E-state index in [1.807, 2.05) is 31.2 Å². The number of carbonyl (C=O) groups is 2. The molecule has 3 nitrogen and oxygen atoms in total. The molecule has 0 unspecified atom stereocenters. The number of benzene rings is 2. The van der Waals surface area contributed by atoms with Gasteiger partial charge in [-0.05, 0) is 64.7 Å². The van der Waals surface area contributed by atoms with Gasteiger partial charge in [-0.1, -0.05) is 29.8 Å². The number of aryl methyl sites for hydroxylation is 1. The summed E-state index contributed by atoms with van der Waals surface area (Å²) in [5.74, 6) is -0.620. The molecule has 0 bridgehead atoms. The summed E-state index contributed by atoms with van der Waals surface area (Å²) in [5.41, 5.74) is 2.69. The molecule has 1 aliphatic rings. The van der Waals surface area contributed by atoms with Crippen LogP contribution in [0.1, 0.15) is 17.5 Å². The Hall–Kier alpha value is -1.65. The molecule has 2 aromatic rings. The Bertz CT molecular complexity index is 773. The number of anilines is 1. The van der Waals surface area contributed by atoms with E-state index in [9.17, 15) is 9.59 Å². The topological polar surface area (TPSA) is 37.4 Å². The van der Waals surface area contributed by atoms with Gasteiger partial charge in [0.05, 0.1) is 11.6 Å². The Morgan fingerprint density at radius 3 is 2.52 bits per heavy atom. The first kappa shape index (κ1) is 16.2. The summed E-state index contributed by atoms with van der Waals surface area (Å²) in [5, 5.41) is 0.660. The number of hydrogen-bond acceptors (Lipinski definition) is 2. The Balaban J connectivity index is 1.83. The van der Waals surface area contributed by atoms with Crippen molar-refractivity contribution in [1.82, 2.24) is 0 Å². The van der Waals surface area contributed by atoms with Crippen molar-refractivity contribution in [3.8, 4) is 0 Å². The molecule has 0 aliphatic carbocycles. The summed E-state index contributed by atoms with van der Waals surface area (Å²) in [4.78, 5) is 26.3. The second-order valence-electron chi connectivity index (χ2n) is 5.75. The van der Waals surface area contributed by atoms with Crippen LogP contribution in [-0.2, 0) is 16.0 Å². The lowest BCUT2D eigenvalue weighted by atomic mass is 9.98. The van der Waals surface area contributed by atoms with Crippen molar-refractivity contribution in [1.29, 1.82) is 0 Å². The second kappa shape index (κ2) is 6.46. The van der Waals surface area contributed by atoms with Gasteiger partial charge >= 0.3 is 0 Å². The maximum absolute atomic E-state index is 12.7. The molecule has 0 saturated carbocycles. The third kappa shape index (κ3) is 3.33. The van der Waals surface area contributed by atoms with Crippen LogP contribution in [-0.4, -0.2) is 11.8 Å². The fraction of sp³-hybridized carbons (Fsp3) is 0.222. The molecule has 2 amide bonds. The first-order valence-corrected chi connectivity index (χ1v) is 8.50. The third-order valence-corrected chi connectivity index (χ3v) is 4.87. The monoisotopic (exact) mass is 391 g/mol. The van der Waals surface area contributed by atoms with Gasteiger partial charge in [-0.25, -0.2) is 4.90 Å². The van der Waals surface area contributed by atoms with Crippen LogP contribution in [0, 0.1) is 12.8 Å². The molecular formula is C18H15BrClNO2. The first-order valence-electron chi connectivity index (χ1n) is 7.33. The summed E-state index contributed by atoms with van der Waals surface area (Å²) in [6.07, 6.45) is 0.781. The highest BCUT2D eigenvalue weighted by Crippen LogP contribution is 2.34. The lowest BCUT2D eigenvalue weighted by molar-refractivity contribution is -0.122. The lowest BCUT2D eigenvalue weighted by Crippen LogP contribution is -2.31. The standard InChI is InChI=1S/C18H15BrClNO2/c1-11-2-7-16(15(19)8-11)21-17(22)10-13(18(21)23)9-12-3-5-14(20)6-4-12/h2-8,13H,9-10H2,1H3/t13-/m1/s1.